The molecule has 0 aliphatic carbocycles. The van der Waals surface area contributed by atoms with Crippen LogP contribution >= 0.6 is 0 Å². The fraction of sp³-hybridized carbons (Fsp3) is 0.280. The minimum atomic E-state index is -0.726. The number of para-hydroxylation sites is 1. The van der Waals surface area contributed by atoms with Crippen LogP contribution in [0.15, 0.2) is 66.1 Å². The Morgan fingerprint density at radius 2 is 1.90 bits per heavy atom. The van der Waals surface area contributed by atoms with Gasteiger partial charge in [0.15, 0.2) is 11.5 Å². The van der Waals surface area contributed by atoms with Crippen molar-refractivity contribution in [2.24, 2.45) is 5.92 Å². The van der Waals surface area contributed by atoms with Gasteiger partial charge in [-0.1, -0.05) is 44.2 Å². The molecule has 0 bridgehead atoms. The van der Waals surface area contributed by atoms with E-state index < -0.39 is 17.7 Å². The number of carbonyl (C=O) groups is 2. The number of nitrogens with zero attached hydrogens (tertiary/aromatic N) is 1. The fourth-order valence-corrected chi connectivity index (χ4v) is 4.27. The quantitative estimate of drug-likeness (QED) is 0.529. The molecule has 2 aromatic carbocycles. The van der Waals surface area contributed by atoms with Gasteiger partial charge in [-0.05, 0) is 41.7 Å². The molecular weight excluding hydrogens is 392 g/mol. The summed E-state index contributed by atoms with van der Waals surface area (Å²) in [4.78, 5) is 30.7. The number of phenols is 1. The van der Waals surface area contributed by atoms with Gasteiger partial charge < -0.3 is 20.1 Å². The largest absolute Gasteiger partial charge is 0.508 e. The van der Waals surface area contributed by atoms with E-state index in [4.69, 9.17) is 0 Å². The minimum Gasteiger partial charge on any atom is -0.508 e. The molecule has 1 amide bonds. The van der Waals surface area contributed by atoms with Crippen LogP contribution in [0.3, 0.4) is 0 Å². The Kier molecular flexibility index (Phi) is 5.55. The third-order valence-corrected chi connectivity index (χ3v) is 5.68. The molecule has 1 aromatic heterocycles. The third kappa shape index (κ3) is 3.93. The van der Waals surface area contributed by atoms with Crippen molar-refractivity contribution in [1.29, 1.82) is 0 Å². The van der Waals surface area contributed by atoms with E-state index in [0.717, 1.165) is 16.5 Å². The lowest BCUT2D eigenvalue weighted by Gasteiger charge is -2.27. The van der Waals surface area contributed by atoms with Crippen LogP contribution in [0.4, 0.5) is 0 Å². The van der Waals surface area contributed by atoms with Gasteiger partial charge in [0.1, 0.15) is 5.75 Å². The number of nitrogens with one attached hydrogen (secondary N) is 1. The number of hydrogen-bond donors (Lipinski definition) is 3. The van der Waals surface area contributed by atoms with Crippen LogP contribution in [0.25, 0.3) is 10.9 Å². The Balaban J connectivity index is 1.68. The summed E-state index contributed by atoms with van der Waals surface area (Å²) >= 11 is 0. The predicted octanol–water partition coefficient (Wildman–Crippen LogP) is 4.43. The highest BCUT2D eigenvalue weighted by molar-refractivity contribution is 6.09. The number of amides is 1. The molecule has 0 saturated heterocycles. The average molecular weight is 418 g/mol. The summed E-state index contributed by atoms with van der Waals surface area (Å²) in [6.07, 6.45) is 2.72. The highest BCUT2D eigenvalue weighted by atomic mass is 16.3. The lowest BCUT2D eigenvalue weighted by Crippen LogP contribution is -2.33. The number of phenolic OH excluding ortho intramolecular Hbond substituents is 1. The Morgan fingerprint density at radius 3 is 2.65 bits per heavy atom. The number of aliphatic hydroxyl groups excluding tert-OH is 1. The highest BCUT2D eigenvalue weighted by Gasteiger charge is 2.43. The number of rotatable bonds is 7. The normalized spacial score (nSPS) is 16.7. The zero-order valence-corrected chi connectivity index (χ0v) is 17.6. The van der Waals surface area contributed by atoms with Gasteiger partial charge in [-0.25, -0.2) is 0 Å². The van der Waals surface area contributed by atoms with Gasteiger partial charge in [0.05, 0.1) is 11.6 Å². The van der Waals surface area contributed by atoms with Crippen molar-refractivity contribution in [2.75, 3.05) is 6.54 Å². The first-order chi connectivity index (χ1) is 14.9. The molecule has 1 aliphatic heterocycles. The molecule has 0 fully saturated rings. The molecule has 4 rings (SSSR count). The van der Waals surface area contributed by atoms with Gasteiger partial charge in [-0.2, -0.15) is 0 Å². The van der Waals surface area contributed by atoms with Crippen molar-refractivity contribution >= 4 is 22.6 Å². The molecule has 1 aliphatic rings. The lowest BCUT2D eigenvalue weighted by atomic mass is 9.92. The standard InChI is InChI=1S/C25H26N2O4/c1-15(2)12-21(29)22-23(16-6-5-7-18(28)13-16)27(25(31)24(22)30)11-10-17-14-26-20-9-4-3-8-19(17)20/h3-9,13-15,23,26,28,30H,10-12H2,1-2H3. The van der Waals surface area contributed by atoms with Gasteiger partial charge in [-0.15, -0.1) is 0 Å². The average Bonchev–Trinajstić information content (AvgIpc) is 3.25. The second-order valence-corrected chi connectivity index (χ2v) is 8.39. The van der Waals surface area contributed by atoms with E-state index in [-0.39, 0.29) is 29.4 Å². The van der Waals surface area contributed by atoms with Crippen molar-refractivity contribution in [2.45, 2.75) is 32.7 Å². The molecule has 1 atom stereocenters. The lowest BCUT2D eigenvalue weighted by molar-refractivity contribution is -0.129. The van der Waals surface area contributed by atoms with E-state index in [2.05, 4.69) is 4.98 Å². The van der Waals surface area contributed by atoms with Gasteiger partial charge >= 0.3 is 0 Å². The number of ketones is 1. The molecule has 3 N–H and O–H groups in total. The number of Topliss-reactive ketones (excluding diaryl/α,β-unsaturated/α-hetero) is 1. The van der Waals surface area contributed by atoms with E-state index >= 15 is 0 Å². The van der Waals surface area contributed by atoms with Gasteiger partial charge in [0, 0.05) is 30.1 Å². The molecule has 0 saturated carbocycles. The molecule has 6 heteroatoms. The van der Waals surface area contributed by atoms with Crippen molar-refractivity contribution in [3.05, 3.63) is 77.2 Å². The maximum absolute atomic E-state index is 13.0. The van der Waals surface area contributed by atoms with Crippen LogP contribution in [-0.2, 0) is 16.0 Å². The maximum Gasteiger partial charge on any atom is 0.290 e. The second-order valence-electron chi connectivity index (χ2n) is 8.39. The third-order valence-electron chi connectivity index (χ3n) is 5.68. The Bertz CT molecular complexity index is 1170. The Hall–Kier alpha value is -3.54. The summed E-state index contributed by atoms with van der Waals surface area (Å²) in [5, 5.41) is 21.7. The zero-order chi connectivity index (χ0) is 22.1. The number of aromatic hydroxyl groups is 1. The molecule has 2 heterocycles. The van der Waals surface area contributed by atoms with Crippen LogP contribution in [0.2, 0.25) is 0 Å². The molecular formula is C25H26N2O4. The molecule has 31 heavy (non-hydrogen) atoms. The monoisotopic (exact) mass is 418 g/mol. The van der Waals surface area contributed by atoms with Gasteiger partial charge in [0.25, 0.3) is 5.91 Å². The Morgan fingerprint density at radius 1 is 1.13 bits per heavy atom. The number of aromatic amines is 1. The maximum atomic E-state index is 13.0. The van der Waals surface area contributed by atoms with Gasteiger partial charge in [0.2, 0.25) is 0 Å². The first-order valence-corrected chi connectivity index (χ1v) is 10.5. The highest BCUT2D eigenvalue weighted by Crippen LogP contribution is 2.39. The van der Waals surface area contributed by atoms with E-state index in [9.17, 15) is 19.8 Å². The first kappa shape index (κ1) is 20.7. The summed E-state index contributed by atoms with van der Waals surface area (Å²) < 4.78 is 0. The summed E-state index contributed by atoms with van der Waals surface area (Å²) in [7, 11) is 0. The van der Waals surface area contributed by atoms with Crippen LogP contribution in [-0.4, -0.2) is 38.3 Å². The van der Waals surface area contributed by atoms with Crippen LogP contribution in [0.1, 0.15) is 37.4 Å². The number of benzene rings is 2. The number of H-pyrrole nitrogens is 1. The topological polar surface area (TPSA) is 93.6 Å². The number of aromatic nitrogens is 1. The summed E-state index contributed by atoms with van der Waals surface area (Å²) in [6, 6.07) is 13.7. The number of hydrogen-bond acceptors (Lipinski definition) is 4. The smallest absolute Gasteiger partial charge is 0.290 e. The molecule has 0 radical (unpaired) electrons. The summed E-state index contributed by atoms with van der Waals surface area (Å²) in [6.45, 7) is 4.17. The van der Waals surface area contributed by atoms with Crippen molar-refractivity contribution < 1.29 is 19.8 Å². The molecule has 6 nitrogen and oxygen atoms in total. The van der Waals surface area contributed by atoms with E-state index in [1.54, 1.807) is 12.1 Å². The van der Waals surface area contributed by atoms with E-state index in [1.165, 1.54) is 17.0 Å². The van der Waals surface area contributed by atoms with E-state index in [0.29, 0.717) is 18.5 Å². The Labute approximate surface area is 180 Å². The fourth-order valence-electron chi connectivity index (χ4n) is 4.27. The van der Waals surface area contributed by atoms with Crippen molar-refractivity contribution in [3.63, 3.8) is 0 Å². The van der Waals surface area contributed by atoms with Crippen molar-refractivity contribution in [1.82, 2.24) is 9.88 Å². The number of aliphatic hydroxyl groups is 1. The van der Waals surface area contributed by atoms with Crippen LogP contribution in [0, 0.1) is 5.92 Å². The van der Waals surface area contributed by atoms with Gasteiger partial charge in [-0.3, -0.25) is 9.59 Å². The summed E-state index contributed by atoms with van der Waals surface area (Å²) in [5.74, 6) is -1.15. The SMILES string of the molecule is CC(C)CC(=O)C1=C(O)C(=O)N(CCc2c[nH]c3ccccc23)C1c1cccc(O)c1. The molecule has 3 aromatic rings. The molecule has 1 unspecified atom stereocenters. The predicted molar refractivity (Wildman–Crippen MR) is 119 cm³/mol. The molecule has 0 spiro atoms. The minimum absolute atomic E-state index is 0.0450. The number of carbonyl (C=O) groups excluding carboxylic acids is 2. The second kappa shape index (κ2) is 8.30. The van der Waals surface area contributed by atoms with Crippen molar-refractivity contribution in [3.8, 4) is 5.75 Å². The number of fused-ring (bicyclic) bond motifs is 1. The summed E-state index contributed by atoms with van der Waals surface area (Å²) in [5.41, 5.74) is 2.79. The van der Waals surface area contributed by atoms with Crippen LogP contribution in [0.5, 0.6) is 5.75 Å². The zero-order valence-electron chi connectivity index (χ0n) is 17.6. The first-order valence-electron chi connectivity index (χ1n) is 10.5. The molecule has 160 valence electrons. The van der Waals surface area contributed by atoms with Crippen LogP contribution < -0.4 is 0 Å². The van der Waals surface area contributed by atoms with E-state index in [1.807, 2.05) is 44.3 Å².